The van der Waals surface area contributed by atoms with Gasteiger partial charge >= 0.3 is 5.97 Å². The lowest BCUT2D eigenvalue weighted by atomic mass is 10.0. The Balaban J connectivity index is 2.07. The predicted octanol–water partition coefficient (Wildman–Crippen LogP) is 2.98. The van der Waals surface area contributed by atoms with Gasteiger partial charge in [-0.15, -0.1) is 0 Å². The van der Waals surface area contributed by atoms with Gasteiger partial charge in [0.15, 0.2) is 5.82 Å². The summed E-state index contributed by atoms with van der Waals surface area (Å²) >= 11 is 0. The highest BCUT2D eigenvalue weighted by Crippen LogP contribution is 2.20. The Hall–Kier alpha value is -3.94. The number of benzene rings is 2. The number of nitro benzene ring substituents is 1. The molecule has 3 aromatic rings. The molecule has 0 aliphatic rings. The van der Waals surface area contributed by atoms with Crippen molar-refractivity contribution in [3.63, 3.8) is 0 Å². The molecule has 0 saturated heterocycles. The number of hydrogen-bond acceptors (Lipinski definition) is 6. The molecule has 0 unspecified atom stereocenters. The Morgan fingerprint density at radius 1 is 1.00 bits per heavy atom. The first kappa shape index (κ1) is 16.9. The van der Waals surface area contributed by atoms with Crippen LogP contribution in [0.5, 0.6) is 0 Å². The Bertz CT molecular complexity index is 1000. The van der Waals surface area contributed by atoms with Gasteiger partial charge in [0.2, 0.25) is 5.78 Å². The van der Waals surface area contributed by atoms with Gasteiger partial charge in [-0.2, -0.15) is 0 Å². The molecule has 2 aromatic carbocycles. The maximum Gasteiger partial charge on any atom is 0.339 e. The molecule has 0 aliphatic heterocycles. The van der Waals surface area contributed by atoms with Gasteiger partial charge < -0.3 is 5.11 Å². The molecule has 1 heterocycles. The van der Waals surface area contributed by atoms with Crippen molar-refractivity contribution in [2.45, 2.75) is 0 Å². The van der Waals surface area contributed by atoms with Crippen molar-refractivity contribution < 1.29 is 19.6 Å². The fraction of sp³-hybridized carbons (Fsp3) is 0. The lowest BCUT2D eigenvalue weighted by Gasteiger charge is -2.07. The molecule has 128 valence electrons. The summed E-state index contributed by atoms with van der Waals surface area (Å²) in [7, 11) is 0. The molecule has 0 amide bonds. The highest BCUT2D eigenvalue weighted by atomic mass is 16.6. The Morgan fingerprint density at radius 2 is 1.65 bits per heavy atom. The number of non-ortho nitro benzene ring substituents is 1. The first-order chi connectivity index (χ1) is 12.5. The van der Waals surface area contributed by atoms with E-state index in [1.54, 1.807) is 30.3 Å². The van der Waals surface area contributed by atoms with Crippen LogP contribution in [0.2, 0.25) is 0 Å². The highest BCUT2D eigenvalue weighted by molar-refractivity contribution is 6.13. The second-order valence-electron chi connectivity index (χ2n) is 5.26. The van der Waals surface area contributed by atoms with E-state index in [1.165, 1.54) is 24.3 Å². The van der Waals surface area contributed by atoms with E-state index >= 15 is 0 Å². The lowest BCUT2D eigenvalue weighted by Crippen LogP contribution is -2.14. The number of carboxylic acid groups (broad SMARTS) is 1. The third-order valence-corrected chi connectivity index (χ3v) is 3.61. The average Bonchev–Trinajstić information content (AvgIpc) is 2.67. The summed E-state index contributed by atoms with van der Waals surface area (Å²) in [4.78, 5) is 42.4. The molecule has 3 rings (SSSR count). The van der Waals surface area contributed by atoms with Crippen molar-refractivity contribution >= 4 is 17.4 Å². The molecule has 1 aromatic heterocycles. The first-order valence-electron chi connectivity index (χ1n) is 7.42. The van der Waals surface area contributed by atoms with E-state index < -0.39 is 16.7 Å². The number of hydrogen-bond donors (Lipinski definition) is 1. The molecule has 0 saturated carbocycles. The summed E-state index contributed by atoms with van der Waals surface area (Å²) in [6.45, 7) is 0. The number of rotatable bonds is 5. The fourth-order valence-electron chi connectivity index (χ4n) is 2.31. The summed E-state index contributed by atoms with van der Waals surface area (Å²) in [5.41, 5.74) is -0.0705. The summed E-state index contributed by atoms with van der Waals surface area (Å²) in [6, 6.07) is 13.7. The van der Waals surface area contributed by atoms with Crippen molar-refractivity contribution in [1.29, 1.82) is 0 Å². The quantitative estimate of drug-likeness (QED) is 0.426. The number of ketones is 1. The van der Waals surface area contributed by atoms with Gasteiger partial charge in [0.1, 0.15) is 11.3 Å². The van der Waals surface area contributed by atoms with Crippen LogP contribution in [0.15, 0.2) is 60.8 Å². The van der Waals surface area contributed by atoms with Gasteiger partial charge in [-0.05, 0) is 12.1 Å². The van der Waals surface area contributed by atoms with Crippen molar-refractivity contribution in [3.05, 3.63) is 87.7 Å². The number of nitro groups is 1. The van der Waals surface area contributed by atoms with Crippen LogP contribution >= 0.6 is 0 Å². The van der Waals surface area contributed by atoms with E-state index in [0.717, 1.165) is 6.20 Å². The lowest BCUT2D eigenvalue weighted by molar-refractivity contribution is -0.384. The van der Waals surface area contributed by atoms with Crippen molar-refractivity contribution in [2.24, 2.45) is 0 Å². The predicted molar refractivity (Wildman–Crippen MR) is 91.0 cm³/mol. The van der Waals surface area contributed by atoms with E-state index in [1.807, 2.05) is 0 Å². The number of aromatic nitrogens is 2. The molecule has 8 nitrogen and oxygen atoms in total. The van der Waals surface area contributed by atoms with Crippen LogP contribution < -0.4 is 0 Å². The molecular formula is C18H11N3O5. The SMILES string of the molecule is O=C(O)c1cnc(-c2ccccc2)nc1C(=O)c1ccc([N+](=O)[O-])cc1. The van der Waals surface area contributed by atoms with Crippen molar-refractivity contribution in [1.82, 2.24) is 9.97 Å². The minimum atomic E-state index is -1.34. The van der Waals surface area contributed by atoms with Gasteiger partial charge in [-0.25, -0.2) is 14.8 Å². The zero-order valence-electron chi connectivity index (χ0n) is 13.2. The molecule has 0 radical (unpaired) electrons. The van der Waals surface area contributed by atoms with Gasteiger partial charge in [-0.3, -0.25) is 14.9 Å². The topological polar surface area (TPSA) is 123 Å². The zero-order valence-corrected chi connectivity index (χ0v) is 13.2. The van der Waals surface area contributed by atoms with Gasteiger partial charge in [0.05, 0.1) is 4.92 Å². The molecule has 0 atom stereocenters. The number of carbonyl (C=O) groups is 2. The Labute approximate surface area is 146 Å². The van der Waals surface area contributed by atoms with E-state index in [9.17, 15) is 24.8 Å². The maximum atomic E-state index is 12.7. The van der Waals surface area contributed by atoms with Crippen LogP contribution in [0.25, 0.3) is 11.4 Å². The molecule has 1 N–H and O–H groups in total. The molecule has 0 aliphatic carbocycles. The smallest absolute Gasteiger partial charge is 0.339 e. The van der Waals surface area contributed by atoms with E-state index in [-0.39, 0.29) is 28.3 Å². The number of carboxylic acids is 1. The summed E-state index contributed by atoms with van der Waals surface area (Å²) < 4.78 is 0. The summed E-state index contributed by atoms with van der Waals surface area (Å²) in [5, 5.41) is 20.0. The number of nitrogens with zero attached hydrogens (tertiary/aromatic N) is 3. The van der Waals surface area contributed by atoms with Crippen LogP contribution in [0.4, 0.5) is 5.69 Å². The fourth-order valence-corrected chi connectivity index (χ4v) is 2.31. The van der Waals surface area contributed by atoms with Crippen LogP contribution in [-0.2, 0) is 0 Å². The standard InChI is InChI=1S/C18H11N3O5/c22-16(11-6-8-13(9-7-11)21(25)26)15-14(18(23)24)10-19-17(20-15)12-4-2-1-3-5-12/h1-10H,(H,23,24). The van der Waals surface area contributed by atoms with Gasteiger partial charge in [0.25, 0.3) is 5.69 Å². The highest BCUT2D eigenvalue weighted by Gasteiger charge is 2.22. The Kier molecular flexibility index (Phi) is 4.48. The van der Waals surface area contributed by atoms with Crippen molar-refractivity contribution in [2.75, 3.05) is 0 Å². The molecule has 0 bridgehead atoms. The van der Waals surface area contributed by atoms with E-state index in [2.05, 4.69) is 9.97 Å². The molecule has 0 spiro atoms. The third kappa shape index (κ3) is 3.29. The number of aromatic carboxylic acids is 1. The van der Waals surface area contributed by atoms with E-state index in [0.29, 0.717) is 5.56 Å². The van der Waals surface area contributed by atoms with Crippen LogP contribution in [-0.4, -0.2) is 31.8 Å². The number of carbonyl (C=O) groups excluding carboxylic acids is 1. The van der Waals surface area contributed by atoms with Gasteiger partial charge in [0, 0.05) is 29.5 Å². The summed E-state index contributed by atoms with van der Waals surface area (Å²) in [5.74, 6) is -1.78. The van der Waals surface area contributed by atoms with Crippen molar-refractivity contribution in [3.8, 4) is 11.4 Å². The molecule has 0 fully saturated rings. The van der Waals surface area contributed by atoms with Crippen LogP contribution in [0, 0.1) is 10.1 Å². The molecule has 26 heavy (non-hydrogen) atoms. The minimum Gasteiger partial charge on any atom is -0.478 e. The zero-order chi connectivity index (χ0) is 18.7. The average molecular weight is 349 g/mol. The second-order valence-corrected chi connectivity index (χ2v) is 5.26. The normalized spacial score (nSPS) is 10.3. The first-order valence-corrected chi connectivity index (χ1v) is 7.42. The van der Waals surface area contributed by atoms with Crippen LogP contribution in [0.3, 0.4) is 0 Å². The largest absolute Gasteiger partial charge is 0.478 e. The Morgan fingerprint density at radius 3 is 2.23 bits per heavy atom. The third-order valence-electron chi connectivity index (χ3n) is 3.61. The second kappa shape index (κ2) is 6.89. The van der Waals surface area contributed by atoms with E-state index in [4.69, 9.17) is 0 Å². The summed E-state index contributed by atoms with van der Waals surface area (Å²) in [6.07, 6.45) is 1.08. The van der Waals surface area contributed by atoms with Gasteiger partial charge in [-0.1, -0.05) is 30.3 Å². The minimum absolute atomic E-state index is 0.0933. The maximum absolute atomic E-state index is 12.7. The molecular weight excluding hydrogens is 338 g/mol. The monoisotopic (exact) mass is 349 g/mol. The molecule has 8 heteroatoms. The van der Waals surface area contributed by atoms with Crippen LogP contribution in [0.1, 0.15) is 26.4 Å².